The lowest BCUT2D eigenvalue weighted by molar-refractivity contribution is 0.109. The zero-order chi connectivity index (χ0) is 13.1. The maximum absolute atomic E-state index is 4.29. The first-order chi connectivity index (χ1) is 7.97. The van der Waals surface area contributed by atoms with Crippen LogP contribution in [0.2, 0.25) is 0 Å². The average molecular weight is 238 g/mol. The minimum Gasteiger partial charge on any atom is -0.307 e. The van der Waals surface area contributed by atoms with Crippen molar-refractivity contribution < 1.29 is 0 Å². The lowest BCUT2D eigenvalue weighted by Crippen LogP contribution is -2.51. The third kappa shape index (κ3) is 2.69. The average Bonchev–Trinajstić information content (AvgIpc) is 2.71. The maximum atomic E-state index is 4.29. The molecule has 0 bridgehead atoms. The van der Waals surface area contributed by atoms with Crippen molar-refractivity contribution in [3.8, 4) is 0 Å². The first kappa shape index (κ1) is 14.2. The highest BCUT2D eigenvalue weighted by atomic mass is 15.3. The molecule has 4 nitrogen and oxygen atoms in total. The van der Waals surface area contributed by atoms with E-state index in [-0.39, 0.29) is 5.54 Å². The van der Waals surface area contributed by atoms with E-state index >= 15 is 0 Å². The minimum absolute atomic E-state index is 0.0871. The van der Waals surface area contributed by atoms with Crippen molar-refractivity contribution in [1.29, 1.82) is 0 Å². The summed E-state index contributed by atoms with van der Waals surface area (Å²) in [6.45, 7) is 7.64. The van der Waals surface area contributed by atoms with E-state index in [2.05, 4.69) is 56.2 Å². The molecule has 1 aromatic rings. The van der Waals surface area contributed by atoms with Crippen LogP contribution >= 0.6 is 0 Å². The normalized spacial score (nSPS) is 17.1. The molecule has 17 heavy (non-hydrogen) atoms. The minimum atomic E-state index is 0.0871. The molecule has 0 aliphatic carbocycles. The van der Waals surface area contributed by atoms with Crippen LogP contribution in [0, 0.1) is 0 Å². The van der Waals surface area contributed by atoms with Gasteiger partial charge in [0, 0.05) is 18.8 Å². The zero-order valence-corrected chi connectivity index (χ0v) is 12.0. The van der Waals surface area contributed by atoms with Crippen LogP contribution in [0.5, 0.6) is 0 Å². The van der Waals surface area contributed by atoms with Crippen LogP contribution in [-0.2, 0) is 7.05 Å². The fourth-order valence-corrected chi connectivity index (χ4v) is 2.29. The summed E-state index contributed by atoms with van der Waals surface area (Å²) in [5.74, 6) is 0. The highest BCUT2D eigenvalue weighted by Gasteiger charge is 2.36. The van der Waals surface area contributed by atoms with Gasteiger partial charge < -0.3 is 10.2 Å². The third-order valence-corrected chi connectivity index (χ3v) is 3.92. The second-order valence-corrected chi connectivity index (χ2v) is 4.98. The molecule has 2 unspecified atom stereocenters. The Morgan fingerprint density at radius 3 is 2.47 bits per heavy atom. The quantitative estimate of drug-likeness (QED) is 0.820. The van der Waals surface area contributed by atoms with Gasteiger partial charge in [-0.2, -0.15) is 5.10 Å². The summed E-state index contributed by atoms with van der Waals surface area (Å²) in [4.78, 5) is 2.30. The van der Waals surface area contributed by atoms with Gasteiger partial charge >= 0.3 is 0 Å². The molecule has 0 saturated carbocycles. The van der Waals surface area contributed by atoms with Gasteiger partial charge in [-0.3, -0.25) is 4.68 Å². The summed E-state index contributed by atoms with van der Waals surface area (Å²) in [5.41, 5.74) is 1.33. The van der Waals surface area contributed by atoms with E-state index in [1.807, 2.05) is 17.9 Å². The summed E-state index contributed by atoms with van der Waals surface area (Å²) in [5, 5.41) is 7.88. The maximum Gasteiger partial charge on any atom is 0.0675 e. The standard InChI is InChI=1S/C13H26N4/c1-7-13(3,16(4)5)12(14-8-2)11-9-10-15-17(11)6/h9-10,12,14H,7-8H2,1-6H3. The predicted molar refractivity (Wildman–Crippen MR) is 72.0 cm³/mol. The van der Waals surface area contributed by atoms with E-state index in [1.54, 1.807) is 0 Å². The number of hydrogen-bond donors (Lipinski definition) is 1. The molecular weight excluding hydrogens is 212 g/mol. The number of nitrogens with one attached hydrogen (secondary N) is 1. The van der Waals surface area contributed by atoms with Gasteiger partial charge in [-0.1, -0.05) is 13.8 Å². The number of aryl methyl sites for hydroxylation is 1. The molecule has 0 amide bonds. The van der Waals surface area contributed by atoms with E-state index in [4.69, 9.17) is 0 Å². The summed E-state index contributed by atoms with van der Waals surface area (Å²) in [6, 6.07) is 2.39. The van der Waals surface area contributed by atoms with Gasteiger partial charge in [0.1, 0.15) is 0 Å². The molecule has 0 spiro atoms. The second-order valence-electron chi connectivity index (χ2n) is 4.98. The highest BCUT2D eigenvalue weighted by Crippen LogP contribution is 2.32. The number of rotatable bonds is 6. The fraction of sp³-hybridized carbons (Fsp3) is 0.769. The monoisotopic (exact) mass is 238 g/mol. The third-order valence-electron chi connectivity index (χ3n) is 3.92. The molecule has 0 aliphatic heterocycles. The van der Waals surface area contributed by atoms with Gasteiger partial charge in [0.15, 0.2) is 0 Å². The molecular formula is C13H26N4. The Labute approximate surface area is 105 Å². The van der Waals surface area contributed by atoms with Crippen molar-refractivity contribution in [1.82, 2.24) is 20.0 Å². The van der Waals surface area contributed by atoms with Crippen LogP contribution in [0.4, 0.5) is 0 Å². The number of likely N-dealkylation sites (N-methyl/N-ethyl adjacent to an activating group) is 2. The predicted octanol–water partition coefficient (Wildman–Crippen LogP) is 1.80. The Morgan fingerprint density at radius 2 is 2.12 bits per heavy atom. The van der Waals surface area contributed by atoms with Crippen molar-refractivity contribution in [2.45, 2.75) is 38.8 Å². The largest absolute Gasteiger partial charge is 0.307 e. The van der Waals surface area contributed by atoms with Crippen LogP contribution < -0.4 is 5.32 Å². The highest BCUT2D eigenvalue weighted by molar-refractivity contribution is 5.14. The van der Waals surface area contributed by atoms with Crippen LogP contribution in [0.15, 0.2) is 12.3 Å². The lowest BCUT2D eigenvalue weighted by Gasteiger charge is -2.43. The Kier molecular flexibility index (Phi) is 4.71. The number of nitrogens with zero attached hydrogens (tertiary/aromatic N) is 3. The number of hydrogen-bond acceptors (Lipinski definition) is 3. The molecule has 1 N–H and O–H groups in total. The molecule has 4 heteroatoms. The van der Waals surface area contributed by atoms with Crippen LogP contribution in [0.25, 0.3) is 0 Å². The zero-order valence-electron chi connectivity index (χ0n) is 12.0. The Morgan fingerprint density at radius 1 is 1.47 bits per heavy atom. The molecule has 1 heterocycles. The molecule has 1 rings (SSSR count). The van der Waals surface area contributed by atoms with Gasteiger partial charge in [0.05, 0.1) is 11.7 Å². The van der Waals surface area contributed by atoms with E-state index in [9.17, 15) is 0 Å². The van der Waals surface area contributed by atoms with E-state index in [0.717, 1.165) is 13.0 Å². The van der Waals surface area contributed by atoms with Crippen LogP contribution in [-0.4, -0.2) is 40.9 Å². The number of aromatic nitrogens is 2. The molecule has 0 radical (unpaired) electrons. The first-order valence-corrected chi connectivity index (χ1v) is 6.36. The SMILES string of the molecule is CCNC(c1ccnn1C)C(C)(CC)N(C)C. The summed E-state index contributed by atoms with van der Waals surface area (Å²) in [7, 11) is 6.29. The molecule has 98 valence electrons. The molecule has 2 atom stereocenters. The van der Waals surface area contributed by atoms with Gasteiger partial charge in [-0.15, -0.1) is 0 Å². The fourth-order valence-electron chi connectivity index (χ4n) is 2.29. The molecule has 0 saturated heterocycles. The first-order valence-electron chi connectivity index (χ1n) is 6.36. The van der Waals surface area contributed by atoms with Crippen molar-refractivity contribution in [3.05, 3.63) is 18.0 Å². The Balaban J connectivity index is 3.12. The van der Waals surface area contributed by atoms with E-state index < -0.39 is 0 Å². The topological polar surface area (TPSA) is 33.1 Å². The molecule has 0 aromatic carbocycles. The van der Waals surface area contributed by atoms with Gasteiger partial charge in [-0.25, -0.2) is 0 Å². The lowest BCUT2D eigenvalue weighted by atomic mass is 9.85. The van der Waals surface area contributed by atoms with Gasteiger partial charge in [0.25, 0.3) is 0 Å². The van der Waals surface area contributed by atoms with E-state index in [0.29, 0.717) is 6.04 Å². The summed E-state index contributed by atoms with van der Waals surface area (Å²) < 4.78 is 1.96. The summed E-state index contributed by atoms with van der Waals surface area (Å²) in [6.07, 6.45) is 2.95. The Bertz CT molecular complexity index is 345. The van der Waals surface area contributed by atoms with Crippen molar-refractivity contribution >= 4 is 0 Å². The molecule has 0 aliphatic rings. The van der Waals surface area contributed by atoms with Crippen LogP contribution in [0.1, 0.15) is 38.9 Å². The van der Waals surface area contributed by atoms with Gasteiger partial charge in [-0.05, 0) is 40.1 Å². The van der Waals surface area contributed by atoms with Gasteiger partial charge in [0.2, 0.25) is 0 Å². The second kappa shape index (κ2) is 5.65. The van der Waals surface area contributed by atoms with Crippen molar-refractivity contribution in [3.63, 3.8) is 0 Å². The molecule has 1 aromatic heterocycles. The van der Waals surface area contributed by atoms with Crippen molar-refractivity contribution in [2.24, 2.45) is 7.05 Å². The summed E-state index contributed by atoms with van der Waals surface area (Å²) >= 11 is 0. The Hall–Kier alpha value is -0.870. The molecule has 0 fully saturated rings. The van der Waals surface area contributed by atoms with E-state index in [1.165, 1.54) is 5.69 Å². The smallest absolute Gasteiger partial charge is 0.0675 e. The van der Waals surface area contributed by atoms with Crippen molar-refractivity contribution in [2.75, 3.05) is 20.6 Å². The van der Waals surface area contributed by atoms with Crippen LogP contribution in [0.3, 0.4) is 0 Å².